The van der Waals surface area contributed by atoms with Crippen molar-refractivity contribution in [3.8, 4) is 5.69 Å². The fourth-order valence-electron chi connectivity index (χ4n) is 3.56. The van der Waals surface area contributed by atoms with Gasteiger partial charge >= 0.3 is 0 Å². The zero-order chi connectivity index (χ0) is 23.2. The highest BCUT2D eigenvalue weighted by molar-refractivity contribution is 8.19. The Morgan fingerprint density at radius 1 is 1.00 bits per heavy atom. The van der Waals surface area contributed by atoms with Gasteiger partial charge in [-0.2, -0.15) is 0 Å². The Hall–Kier alpha value is -2.85. The van der Waals surface area contributed by atoms with Crippen LogP contribution in [0.15, 0.2) is 64.4 Å². The molecule has 2 N–H and O–H groups in total. The number of aryl methyl sites for hydroxylation is 1. The van der Waals surface area contributed by atoms with Gasteiger partial charge in [0.1, 0.15) is 0 Å². The number of amides is 2. The number of benzene rings is 2. The van der Waals surface area contributed by atoms with Crippen LogP contribution in [0.5, 0.6) is 0 Å². The first-order valence-corrected chi connectivity index (χ1v) is 12.2. The Bertz CT molecular complexity index is 1390. The Balaban J connectivity index is 1.69. The molecule has 2 heterocycles. The van der Waals surface area contributed by atoms with E-state index in [-0.39, 0.29) is 4.90 Å². The van der Waals surface area contributed by atoms with Gasteiger partial charge < -0.3 is 4.57 Å². The van der Waals surface area contributed by atoms with Crippen molar-refractivity contribution < 1.29 is 18.0 Å². The number of primary sulfonamides is 1. The van der Waals surface area contributed by atoms with E-state index < -0.39 is 21.2 Å². The number of rotatable bonds is 4. The van der Waals surface area contributed by atoms with E-state index in [1.807, 2.05) is 24.5 Å². The molecule has 1 aliphatic heterocycles. The molecule has 0 saturated carbocycles. The summed E-state index contributed by atoms with van der Waals surface area (Å²) >= 11 is 6.87. The number of hydrogen-bond acceptors (Lipinski definition) is 5. The molecular formula is C22H18ClN3O4S2. The van der Waals surface area contributed by atoms with Gasteiger partial charge in [-0.25, -0.2) is 18.5 Å². The Morgan fingerprint density at radius 2 is 1.69 bits per heavy atom. The monoisotopic (exact) mass is 487 g/mol. The molecule has 2 aromatic carbocycles. The van der Waals surface area contributed by atoms with Crippen LogP contribution in [0.25, 0.3) is 11.8 Å². The summed E-state index contributed by atoms with van der Waals surface area (Å²) in [5, 5.41) is 5.21. The van der Waals surface area contributed by atoms with Crippen molar-refractivity contribution in [2.24, 2.45) is 5.14 Å². The normalized spacial score (nSPS) is 15.8. The number of aromatic nitrogens is 1. The second kappa shape index (κ2) is 8.25. The molecule has 0 bridgehead atoms. The first kappa shape index (κ1) is 22.3. The van der Waals surface area contributed by atoms with Crippen LogP contribution in [0, 0.1) is 13.8 Å². The quantitative estimate of drug-likeness (QED) is 0.540. The van der Waals surface area contributed by atoms with Crippen LogP contribution in [0.2, 0.25) is 5.02 Å². The lowest BCUT2D eigenvalue weighted by molar-refractivity contribution is -0.113. The minimum atomic E-state index is -3.78. The average Bonchev–Trinajstić information content (AvgIpc) is 3.15. The summed E-state index contributed by atoms with van der Waals surface area (Å²) in [6.45, 7) is 3.78. The third kappa shape index (κ3) is 4.12. The van der Waals surface area contributed by atoms with Gasteiger partial charge in [0.25, 0.3) is 11.1 Å². The first-order valence-electron chi connectivity index (χ1n) is 9.42. The molecule has 32 heavy (non-hydrogen) atoms. The third-order valence-corrected chi connectivity index (χ3v) is 7.07. The number of anilines is 1. The van der Waals surface area contributed by atoms with Crippen LogP contribution in [-0.2, 0) is 14.8 Å². The zero-order valence-electron chi connectivity index (χ0n) is 17.1. The fourth-order valence-corrected chi connectivity index (χ4v) is 5.09. The summed E-state index contributed by atoms with van der Waals surface area (Å²) < 4.78 is 24.9. The Kier molecular flexibility index (Phi) is 5.76. The van der Waals surface area contributed by atoms with Crippen LogP contribution in [0.4, 0.5) is 10.5 Å². The van der Waals surface area contributed by atoms with Crippen LogP contribution >= 0.6 is 23.4 Å². The average molecular weight is 488 g/mol. The highest BCUT2D eigenvalue weighted by atomic mass is 35.5. The highest BCUT2D eigenvalue weighted by Gasteiger charge is 2.36. The van der Waals surface area contributed by atoms with Crippen LogP contribution in [-0.4, -0.2) is 24.1 Å². The molecule has 0 aliphatic carbocycles. The van der Waals surface area contributed by atoms with E-state index in [2.05, 4.69) is 0 Å². The molecule has 1 fully saturated rings. The Labute approximate surface area is 194 Å². The van der Waals surface area contributed by atoms with Gasteiger partial charge in [-0.1, -0.05) is 17.7 Å². The van der Waals surface area contributed by atoms with Gasteiger partial charge in [0.2, 0.25) is 10.0 Å². The van der Waals surface area contributed by atoms with E-state index in [1.165, 1.54) is 12.1 Å². The Morgan fingerprint density at radius 3 is 2.31 bits per heavy atom. The molecular weight excluding hydrogens is 470 g/mol. The molecule has 7 nitrogen and oxygen atoms in total. The number of hydrogen-bond donors (Lipinski definition) is 1. The second-order valence-corrected chi connectivity index (χ2v) is 10.2. The van der Waals surface area contributed by atoms with E-state index in [4.69, 9.17) is 16.7 Å². The maximum atomic E-state index is 12.9. The fraction of sp³-hybridized carbons (Fsp3) is 0.0909. The summed E-state index contributed by atoms with van der Waals surface area (Å²) in [5.74, 6) is -0.412. The van der Waals surface area contributed by atoms with Gasteiger partial charge in [-0.15, -0.1) is 0 Å². The number of imide groups is 1. The van der Waals surface area contributed by atoms with Gasteiger partial charge in [0.15, 0.2) is 0 Å². The molecule has 164 valence electrons. The lowest BCUT2D eigenvalue weighted by Crippen LogP contribution is -2.27. The minimum absolute atomic E-state index is 0.0265. The van der Waals surface area contributed by atoms with Crippen LogP contribution in [0.1, 0.15) is 17.0 Å². The number of nitrogens with zero attached hydrogens (tertiary/aromatic N) is 2. The third-order valence-electron chi connectivity index (χ3n) is 5.04. The molecule has 4 rings (SSSR count). The van der Waals surface area contributed by atoms with Gasteiger partial charge in [-0.3, -0.25) is 9.59 Å². The highest BCUT2D eigenvalue weighted by Crippen LogP contribution is 2.37. The molecule has 1 saturated heterocycles. The number of carbonyl (C=O) groups is 2. The van der Waals surface area contributed by atoms with Crippen molar-refractivity contribution in [1.82, 2.24) is 4.57 Å². The summed E-state index contributed by atoms with van der Waals surface area (Å²) in [6, 6.07) is 14.7. The number of nitrogens with two attached hydrogens (primary N) is 1. The number of carbonyl (C=O) groups excluding carboxylic acids is 2. The van der Waals surface area contributed by atoms with Crippen molar-refractivity contribution in [2.45, 2.75) is 18.7 Å². The van der Waals surface area contributed by atoms with E-state index in [9.17, 15) is 18.0 Å². The molecule has 0 atom stereocenters. The molecule has 10 heteroatoms. The van der Waals surface area contributed by atoms with E-state index >= 15 is 0 Å². The predicted molar refractivity (Wildman–Crippen MR) is 127 cm³/mol. The summed E-state index contributed by atoms with van der Waals surface area (Å²) in [7, 11) is -3.78. The van der Waals surface area contributed by atoms with E-state index in [0.717, 1.165) is 39.3 Å². The van der Waals surface area contributed by atoms with Gasteiger partial charge in [-0.05, 0) is 85.8 Å². The summed E-state index contributed by atoms with van der Waals surface area (Å²) in [6.07, 6.45) is 1.69. The van der Waals surface area contributed by atoms with Crippen molar-refractivity contribution in [2.75, 3.05) is 4.90 Å². The van der Waals surface area contributed by atoms with Crippen LogP contribution < -0.4 is 10.0 Å². The standard InChI is InChI=1S/C22H18ClN3O4S2/c1-13-10-15(14(2)25(13)17-6-8-19(9-7-17)32(24,29)30)11-20-21(27)26(22(28)31-20)18-5-3-4-16(23)12-18/h3-12H,1-2H3,(H2,24,29,30)/b20-11+. The van der Waals surface area contributed by atoms with Gasteiger partial charge in [0.05, 0.1) is 15.5 Å². The van der Waals surface area contributed by atoms with Crippen molar-refractivity contribution >= 4 is 56.3 Å². The topological polar surface area (TPSA) is 102 Å². The number of sulfonamides is 1. The zero-order valence-corrected chi connectivity index (χ0v) is 19.5. The molecule has 1 aliphatic rings. The van der Waals surface area contributed by atoms with Crippen molar-refractivity contribution in [1.29, 1.82) is 0 Å². The number of thioether (sulfide) groups is 1. The molecule has 0 spiro atoms. The largest absolute Gasteiger partial charge is 0.318 e. The van der Waals surface area contributed by atoms with Crippen molar-refractivity contribution in [3.05, 3.63) is 81.5 Å². The maximum absolute atomic E-state index is 12.9. The lowest BCUT2D eigenvalue weighted by atomic mass is 10.2. The molecule has 1 aromatic heterocycles. The molecule has 0 radical (unpaired) electrons. The number of halogens is 1. The first-order chi connectivity index (χ1) is 15.1. The smallest absolute Gasteiger partial charge is 0.298 e. The molecule has 2 amide bonds. The maximum Gasteiger partial charge on any atom is 0.298 e. The molecule has 0 unspecified atom stereocenters. The van der Waals surface area contributed by atoms with Crippen LogP contribution in [0.3, 0.4) is 0 Å². The summed E-state index contributed by atoms with van der Waals surface area (Å²) in [4.78, 5) is 26.9. The van der Waals surface area contributed by atoms with Gasteiger partial charge in [0, 0.05) is 22.1 Å². The van der Waals surface area contributed by atoms with E-state index in [1.54, 1.807) is 42.5 Å². The van der Waals surface area contributed by atoms with Crippen molar-refractivity contribution in [3.63, 3.8) is 0 Å². The molecule has 3 aromatic rings. The minimum Gasteiger partial charge on any atom is -0.318 e. The summed E-state index contributed by atoms with van der Waals surface area (Å²) in [5.41, 5.74) is 3.66. The second-order valence-electron chi connectivity index (χ2n) is 7.20. The predicted octanol–water partition coefficient (Wildman–Crippen LogP) is 4.64. The lowest BCUT2D eigenvalue weighted by Gasteiger charge is -2.12. The van der Waals surface area contributed by atoms with E-state index in [0.29, 0.717) is 15.6 Å². The SMILES string of the molecule is Cc1cc(/C=C2/SC(=O)N(c3cccc(Cl)c3)C2=O)c(C)n1-c1ccc(S(N)(=O)=O)cc1.